The molecule has 0 bridgehead atoms. The first-order chi connectivity index (χ1) is 8.63. The van der Waals surface area contributed by atoms with Gasteiger partial charge in [-0.25, -0.2) is 0 Å². The lowest BCUT2D eigenvalue weighted by Crippen LogP contribution is -2.13. The van der Waals surface area contributed by atoms with E-state index in [9.17, 15) is 0 Å². The van der Waals surface area contributed by atoms with Crippen LogP contribution >= 0.6 is 11.8 Å². The molecule has 1 aromatic carbocycles. The number of aryl methyl sites for hydroxylation is 1. The molecular formula is C14H22N2OS. The molecule has 0 amide bonds. The third kappa shape index (κ3) is 5.45. The second-order valence-corrected chi connectivity index (χ2v) is 5.30. The largest absolute Gasteiger partial charge is 0.492 e. The summed E-state index contributed by atoms with van der Waals surface area (Å²) in [6.07, 6.45) is 1.01. The molecule has 18 heavy (non-hydrogen) atoms. The van der Waals surface area contributed by atoms with Gasteiger partial charge in [0, 0.05) is 11.8 Å². The summed E-state index contributed by atoms with van der Waals surface area (Å²) >= 11 is 1.55. The van der Waals surface area contributed by atoms with Crippen LogP contribution in [-0.4, -0.2) is 23.6 Å². The van der Waals surface area contributed by atoms with Gasteiger partial charge >= 0.3 is 0 Å². The van der Waals surface area contributed by atoms with Gasteiger partial charge in [-0.1, -0.05) is 36.9 Å². The summed E-state index contributed by atoms with van der Waals surface area (Å²) in [4.78, 5) is 4.36. The van der Waals surface area contributed by atoms with Crippen LogP contribution in [-0.2, 0) is 0 Å². The Balaban J connectivity index is 2.27. The summed E-state index contributed by atoms with van der Waals surface area (Å²) < 4.78 is 5.69. The lowest BCUT2D eigenvalue weighted by molar-refractivity contribution is 0.342. The van der Waals surface area contributed by atoms with Crippen LogP contribution in [0.1, 0.15) is 25.8 Å². The van der Waals surface area contributed by atoms with Crippen molar-refractivity contribution in [2.75, 3.05) is 12.4 Å². The number of hydrogen-bond donors (Lipinski definition) is 1. The van der Waals surface area contributed by atoms with Gasteiger partial charge in [0.15, 0.2) is 5.17 Å². The molecule has 0 radical (unpaired) electrons. The molecule has 3 nitrogen and oxygen atoms in total. The molecule has 100 valence electrons. The number of ether oxygens (including phenoxy) is 1. The van der Waals surface area contributed by atoms with Crippen LogP contribution in [0.5, 0.6) is 5.75 Å². The molecule has 0 aliphatic rings. The highest BCUT2D eigenvalue weighted by atomic mass is 32.2. The number of thioether (sulfide) groups is 1. The Morgan fingerprint density at radius 2 is 2.17 bits per heavy atom. The minimum Gasteiger partial charge on any atom is -0.492 e. The first kappa shape index (κ1) is 14.9. The zero-order valence-electron chi connectivity index (χ0n) is 11.3. The number of rotatable bonds is 6. The molecule has 0 heterocycles. The first-order valence-electron chi connectivity index (χ1n) is 6.28. The zero-order chi connectivity index (χ0) is 13.4. The van der Waals surface area contributed by atoms with Gasteiger partial charge in [-0.3, -0.25) is 4.99 Å². The van der Waals surface area contributed by atoms with Gasteiger partial charge in [-0.05, 0) is 31.9 Å². The Kier molecular flexibility index (Phi) is 6.65. The van der Waals surface area contributed by atoms with E-state index in [1.165, 1.54) is 0 Å². The van der Waals surface area contributed by atoms with Gasteiger partial charge < -0.3 is 10.5 Å². The normalized spacial score (nSPS) is 13.4. The first-order valence-corrected chi connectivity index (χ1v) is 7.26. The Morgan fingerprint density at radius 1 is 1.44 bits per heavy atom. The van der Waals surface area contributed by atoms with Crippen LogP contribution in [0.15, 0.2) is 29.3 Å². The van der Waals surface area contributed by atoms with Crippen molar-refractivity contribution < 1.29 is 4.74 Å². The van der Waals surface area contributed by atoms with Crippen molar-refractivity contribution in [2.24, 2.45) is 10.7 Å². The fourth-order valence-electron chi connectivity index (χ4n) is 1.36. The molecule has 0 unspecified atom stereocenters. The lowest BCUT2D eigenvalue weighted by atomic mass is 10.2. The fraction of sp³-hybridized carbons (Fsp3) is 0.500. The molecule has 1 atom stereocenters. The number of nitrogens with two attached hydrogens (primary N) is 1. The molecule has 0 aliphatic heterocycles. The van der Waals surface area contributed by atoms with Gasteiger partial charge in [-0.2, -0.15) is 0 Å². The summed E-state index contributed by atoms with van der Waals surface area (Å²) in [6, 6.07) is 8.31. The van der Waals surface area contributed by atoms with Crippen LogP contribution in [0.3, 0.4) is 0 Å². The molecule has 1 rings (SSSR count). The topological polar surface area (TPSA) is 47.6 Å². The van der Waals surface area contributed by atoms with Crippen LogP contribution in [0.2, 0.25) is 0 Å². The maximum Gasteiger partial charge on any atom is 0.154 e. The van der Waals surface area contributed by atoms with Crippen molar-refractivity contribution in [3.05, 3.63) is 29.8 Å². The highest BCUT2D eigenvalue weighted by molar-refractivity contribution is 8.13. The SMILES string of the molecule is CC[C@@H](C)N=C(N)SCCOc1ccccc1C. The van der Waals surface area contributed by atoms with Gasteiger partial charge in [0.1, 0.15) is 5.75 Å². The van der Waals surface area contributed by atoms with Crippen molar-refractivity contribution in [1.29, 1.82) is 0 Å². The average molecular weight is 266 g/mol. The second-order valence-electron chi connectivity index (χ2n) is 4.19. The molecule has 4 heteroatoms. The Labute approximate surface area is 114 Å². The summed E-state index contributed by atoms with van der Waals surface area (Å²) in [6.45, 7) is 6.86. The van der Waals surface area contributed by atoms with Crippen molar-refractivity contribution >= 4 is 16.9 Å². The van der Waals surface area contributed by atoms with E-state index in [4.69, 9.17) is 10.5 Å². The molecule has 0 spiro atoms. The van der Waals surface area contributed by atoms with E-state index in [0.717, 1.165) is 23.5 Å². The van der Waals surface area contributed by atoms with Crippen LogP contribution < -0.4 is 10.5 Å². The van der Waals surface area contributed by atoms with Crippen molar-refractivity contribution in [3.63, 3.8) is 0 Å². The van der Waals surface area contributed by atoms with E-state index < -0.39 is 0 Å². The molecule has 2 N–H and O–H groups in total. The van der Waals surface area contributed by atoms with E-state index in [-0.39, 0.29) is 0 Å². The summed E-state index contributed by atoms with van der Waals surface area (Å²) in [5.74, 6) is 1.76. The maximum atomic E-state index is 5.82. The number of aliphatic imine (C=N–C) groups is 1. The fourth-order valence-corrected chi connectivity index (χ4v) is 1.99. The standard InChI is InChI=1S/C14H22N2OS/c1-4-12(3)16-14(15)18-10-9-17-13-8-6-5-7-11(13)2/h5-8,12H,4,9-10H2,1-3H3,(H2,15,16)/t12-/m1/s1. The number of para-hydroxylation sites is 1. The molecule has 1 aromatic rings. The van der Waals surface area contributed by atoms with E-state index >= 15 is 0 Å². The Morgan fingerprint density at radius 3 is 2.83 bits per heavy atom. The second kappa shape index (κ2) is 8.03. The predicted octanol–water partition coefficient (Wildman–Crippen LogP) is 3.22. The van der Waals surface area contributed by atoms with Gasteiger partial charge in [0.25, 0.3) is 0 Å². The number of amidine groups is 1. The Hall–Kier alpha value is -1.16. The quantitative estimate of drug-likeness (QED) is 0.488. The van der Waals surface area contributed by atoms with Crippen molar-refractivity contribution in [2.45, 2.75) is 33.2 Å². The number of benzene rings is 1. The van der Waals surface area contributed by atoms with Gasteiger partial charge in [0.2, 0.25) is 0 Å². The predicted molar refractivity (Wildman–Crippen MR) is 80.5 cm³/mol. The molecule has 0 aliphatic carbocycles. The highest BCUT2D eigenvalue weighted by Gasteiger charge is 2.00. The van der Waals surface area contributed by atoms with Crippen LogP contribution in [0.4, 0.5) is 0 Å². The summed E-state index contributed by atoms with van der Waals surface area (Å²) in [5.41, 5.74) is 6.97. The van der Waals surface area contributed by atoms with Gasteiger partial charge in [0.05, 0.1) is 6.61 Å². The minimum atomic E-state index is 0.301. The smallest absolute Gasteiger partial charge is 0.154 e. The van der Waals surface area contributed by atoms with Crippen molar-refractivity contribution in [3.8, 4) is 5.75 Å². The molecular weight excluding hydrogens is 244 g/mol. The van der Waals surface area contributed by atoms with E-state index in [2.05, 4.69) is 18.8 Å². The monoisotopic (exact) mass is 266 g/mol. The van der Waals surface area contributed by atoms with Crippen LogP contribution in [0, 0.1) is 6.92 Å². The molecule has 0 aromatic heterocycles. The van der Waals surface area contributed by atoms with E-state index in [1.54, 1.807) is 11.8 Å². The highest BCUT2D eigenvalue weighted by Crippen LogP contribution is 2.16. The molecule has 0 fully saturated rings. The zero-order valence-corrected chi connectivity index (χ0v) is 12.2. The van der Waals surface area contributed by atoms with Crippen molar-refractivity contribution in [1.82, 2.24) is 0 Å². The third-order valence-electron chi connectivity index (χ3n) is 2.62. The minimum absolute atomic E-state index is 0.301. The maximum absolute atomic E-state index is 5.82. The molecule has 0 saturated heterocycles. The van der Waals surface area contributed by atoms with E-state index in [0.29, 0.717) is 17.8 Å². The Bertz CT molecular complexity index is 393. The molecule has 0 saturated carbocycles. The average Bonchev–Trinajstić information content (AvgIpc) is 2.36. The lowest BCUT2D eigenvalue weighted by Gasteiger charge is -2.09. The third-order valence-corrected chi connectivity index (χ3v) is 3.39. The van der Waals surface area contributed by atoms with E-state index in [1.807, 2.05) is 31.2 Å². The van der Waals surface area contributed by atoms with Crippen LogP contribution in [0.25, 0.3) is 0 Å². The number of nitrogens with zero attached hydrogens (tertiary/aromatic N) is 1. The number of hydrogen-bond acceptors (Lipinski definition) is 3. The van der Waals surface area contributed by atoms with Gasteiger partial charge in [-0.15, -0.1) is 0 Å². The summed E-state index contributed by atoms with van der Waals surface area (Å²) in [5, 5.41) is 0.651. The summed E-state index contributed by atoms with van der Waals surface area (Å²) in [7, 11) is 0.